The molecule has 0 saturated carbocycles. The third kappa shape index (κ3) is 4.16. The average Bonchev–Trinajstić information content (AvgIpc) is 3.68. The Balaban J connectivity index is 1.13. The van der Waals surface area contributed by atoms with Gasteiger partial charge in [-0.2, -0.15) is 0 Å². The fourth-order valence-electron chi connectivity index (χ4n) is 7.09. The molecule has 10 rings (SSSR count). The highest BCUT2D eigenvalue weighted by Gasteiger charge is 2.24. The summed E-state index contributed by atoms with van der Waals surface area (Å²) in [5.74, 6) is 1.98. The largest absolute Gasteiger partial charge is 0.208 e. The van der Waals surface area contributed by atoms with Crippen LogP contribution in [0.25, 0.3) is 98.5 Å². The summed E-state index contributed by atoms with van der Waals surface area (Å²) < 4.78 is 2.63. The van der Waals surface area contributed by atoms with Crippen LogP contribution >= 0.6 is 11.3 Å². The highest BCUT2D eigenvalue weighted by atomic mass is 32.1. The minimum Gasteiger partial charge on any atom is -0.208 e. The molecule has 47 heavy (non-hydrogen) atoms. The van der Waals surface area contributed by atoms with Crippen molar-refractivity contribution in [3.8, 4) is 67.5 Å². The van der Waals surface area contributed by atoms with Crippen LogP contribution in [0.5, 0.6) is 0 Å². The van der Waals surface area contributed by atoms with Gasteiger partial charge in [-0.3, -0.25) is 0 Å². The molecule has 0 N–H and O–H groups in total. The maximum absolute atomic E-state index is 4.97. The van der Waals surface area contributed by atoms with E-state index in [1.807, 2.05) is 72.0 Å². The maximum Gasteiger partial charge on any atom is 0.164 e. The molecule has 2 heterocycles. The molecule has 7 aromatic carbocycles. The first-order valence-corrected chi connectivity index (χ1v) is 16.6. The fraction of sp³-hybridized carbons (Fsp3) is 0. The molecule has 0 fully saturated rings. The summed E-state index contributed by atoms with van der Waals surface area (Å²) in [4.78, 5) is 14.8. The van der Waals surface area contributed by atoms with Gasteiger partial charge in [-0.05, 0) is 68.4 Å². The minimum atomic E-state index is 0.658. The predicted octanol–water partition coefficient (Wildman–Crippen LogP) is 11.7. The highest BCUT2D eigenvalue weighted by Crippen LogP contribution is 2.51. The Morgan fingerprint density at radius 1 is 0.319 bits per heavy atom. The topological polar surface area (TPSA) is 38.7 Å². The van der Waals surface area contributed by atoms with Crippen LogP contribution < -0.4 is 0 Å². The van der Waals surface area contributed by atoms with Gasteiger partial charge in [0.05, 0.1) is 0 Å². The first-order chi connectivity index (χ1) is 23.3. The number of thiophene rings is 1. The summed E-state index contributed by atoms with van der Waals surface area (Å²) in [6, 6.07) is 53.7. The van der Waals surface area contributed by atoms with Crippen molar-refractivity contribution >= 4 is 42.3 Å². The van der Waals surface area contributed by atoms with Crippen molar-refractivity contribution in [1.82, 2.24) is 15.0 Å². The Labute approximate surface area is 275 Å². The lowest BCUT2D eigenvalue weighted by Gasteiger charge is -2.10. The van der Waals surface area contributed by atoms with E-state index < -0.39 is 0 Å². The summed E-state index contributed by atoms with van der Waals surface area (Å²) in [5.41, 5.74) is 10.5. The normalized spacial score (nSPS) is 11.8. The van der Waals surface area contributed by atoms with E-state index in [0.717, 1.165) is 22.3 Å². The summed E-state index contributed by atoms with van der Waals surface area (Å²) in [5, 5.41) is 5.33. The molecule has 4 heteroatoms. The predicted molar refractivity (Wildman–Crippen MR) is 196 cm³/mol. The summed E-state index contributed by atoms with van der Waals surface area (Å²) in [7, 11) is 0. The van der Waals surface area contributed by atoms with E-state index in [9.17, 15) is 0 Å². The maximum atomic E-state index is 4.97. The van der Waals surface area contributed by atoms with Crippen LogP contribution in [-0.4, -0.2) is 15.0 Å². The molecule has 9 aromatic rings. The minimum absolute atomic E-state index is 0.658. The Morgan fingerprint density at radius 2 is 0.872 bits per heavy atom. The molecule has 0 radical (unpaired) electrons. The Morgan fingerprint density at radius 3 is 1.60 bits per heavy atom. The summed E-state index contributed by atoms with van der Waals surface area (Å²) in [6.45, 7) is 0. The molecule has 0 amide bonds. The third-order valence-corrected chi connectivity index (χ3v) is 10.4. The summed E-state index contributed by atoms with van der Waals surface area (Å²) >= 11 is 1.88. The van der Waals surface area contributed by atoms with Gasteiger partial charge in [0.2, 0.25) is 0 Å². The number of aromatic nitrogens is 3. The average molecular weight is 616 g/mol. The van der Waals surface area contributed by atoms with E-state index in [2.05, 4.69) is 91.0 Å². The zero-order valence-corrected chi connectivity index (χ0v) is 26.0. The van der Waals surface area contributed by atoms with E-state index in [0.29, 0.717) is 17.5 Å². The lowest BCUT2D eigenvalue weighted by Crippen LogP contribution is -2.00. The molecule has 0 bridgehead atoms. The number of benzene rings is 7. The van der Waals surface area contributed by atoms with Gasteiger partial charge in [0.25, 0.3) is 0 Å². The van der Waals surface area contributed by atoms with Crippen LogP contribution in [0, 0.1) is 0 Å². The Bertz CT molecular complexity index is 2620. The van der Waals surface area contributed by atoms with Gasteiger partial charge in [-0.1, -0.05) is 127 Å². The van der Waals surface area contributed by atoms with Crippen molar-refractivity contribution in [3.05, 3.63) is 152 Å². The smallest absolute Gasteiger partial charge is 0.164 e. The van der Waals surface area contributed by atoms with Crippen molar-refractivity contribution in [1.29, 1.82) is 0 Å². The van der Waals surface area contributed by atoms with Crippen molar-refractivity contribution in [3.63, 3.8) is 0 Å². The molecule has 2 aromatic heterocycles. The molecule has 0 aliphatic heterocycles. The molecule has 0 spiro atoms. The number of fused-ring (bicyclic) bond motifs is 7. The first-order valence-electron chi connectivity index (χ1n) is 15.8. The standard InChI is InChI=1S/C43H25N3S/c1-3-11-26(12-4-1)41-44-42(27-13-5-2-6-14-27)46-43(45-41)30-16-9-15-28(23-30)29-21-22-37-36(24-29)40-34-20-10-19-33-31-17-7-8-18-32(31)35(39(33)34)25-38(40)47-37/h1-25H. The van der Waals surface area contributed by atoms with Crippen molar-refractivity contribution < 1.29 is 0 Å². The number of hydrogen-bond donors (Lipinski definition) is 0. The molecular formula is C43H25N3S. The van der Waals surface area contributed by atoms with Crippen LogP contribution in [0.3, 0.4) is 0 Å². The zero-order chi connectivity index (χ0) is 30.9. The fourth-order valence-corrected chi connectivity index (χ4v) is 8.24. The van der Waals surface area contributed by atoms with Crippen LogP contribution in [0.2, 0.25) is 0 Å². The second-order valence-corrected chi connectivity index (χ2v) is 13.1. The second-order valence-electron chi connectivity index (χ2n) is 12.0. The lowest BCUT2D eigenvalue weighted by atomic mass is 9.96. The number of nitrogens with zero attached hydrogens (tertiary/aromatic N) is 3. The lowest BCUT2D eigenvalue weighted by molar-refractivity contribution is 1.07. The monoisotopic (exact) mass is 615 g/mol. The molecule has 0 unspecified atom stereocenters. The number of hydrogen-bond acceptors (Lipinski definition) is 4. The Hall–Kier alpha value is -5.97. The van der Waals surface area contributed by atoms with Gasteiger partial charge in [-0.25, -0.2) is 15.0 Å². The van der Waals surface area contributed by atoms with E-state index in [-0.39, 0.29) is 0 Å². The van der Waals surface area contributed by atoms with Gasteiger partial charge >= 0.3 is 0 Å². The molecule has 218 valence electrons. The zero-order valence-electron chi connectivity index (χ0n) is 25.2. The first kappa shape index (κ1) is 26.3. The van der Waals surface area contributed by atoms with E-state index in [1.54, 1.807) is 0 Å². The molecule has 0 atom stereocenters. The van der Waals surface area contributed by atoms with E-state index in [1.165, 1.54) is 58.8 Å². The molecule has 1 aliphatic carbocycles. The van der Waals surface area contributed by atoms with Crippen LogP contribution in [0.4, 0.5) is 0 Å². The van der Waals surface area contributed by atoms with Gasteiger partial charge in [0, 0.05) is 36.9 Å². The van der Waals surface area contributed by atoms with Gasteiger partial charge < -0.3 is 0 Å². The van der Waals surface area contributed by atoms with Crippen molar-refractivity contribution in [2.24, 2.45) is 0 Å². The van der Waals surface area contributed by atoms with Gasteiger partial charge in [0.15, 0.2) is 17.5 Å². The van der Waals surface area contributed by atoms with E-state index >= 15 is 0 Å². The SMILES string of the molecule is c1ccc(-c2nc(-c3ccccc3)nc(-c3cccc(-c4ccc5sc6cc7c8c(cccc8c6c5c4)-c4ccccc4-7)c3)n2)cc1. The quantitative estimate of drug-likeness (QED) is 0.198. The second kappa shape index (κ2) is 10.3. The Kier molecular flexibility index (Phi) is 5.74. The van der Waals surface area contributed by atoms with Gasteiger partial charge in [-0.15, -0.1) is 11.3 Å². The van der Waals surface area contributed by atoms with E-state index in [4.69, 9.17) is 15.0 Å². The molecular weight excluding hydrogens is 591 g/mol. The highest BCUT2D eigenvalue weighted by molar-refractivity contribution is 7.26. The number of rotatable bonds is 4. The van der Waals surface area contributed by atoms with Crippen LogP contribution in [0.1, 0.15) is 0 Å². The summed E-state index contributed by atoms with van der Waals surface area (Å²) in [6.07, 6.45) is 0. The van der Waals surface area contributed by atoms with Crippen molar-refractivity contribution in [2.75, 3.05) is 0 Å². The van der Waals surface area contributed by atoms with Crippen LogP contribution in [-0.2, 0) is 0 Å². The molecule has 3 nitrogen and oxygen atoms in total. The van der Waals surface area contributed by atoms with Crippen LogP contribution in [0.15, 0.2) is 152 Å². The van der Waals surface area contributed by atoms with Gasteiger partial charge in [0.1, 0.15) is 0 Å². The molecule has 1 aliphatic rings. The molecule has 0 saturated heterocycles. The van der Waals surface area contributed by atoms with Crippen molar-refractivity contribution in [2.45, 2.75) is 0 Å². The third-order valence-electron chi connectivity index (χ3n) is 9.25.